The first-order valence-electron chi connectivity index (χ1n) is 5.62. The molecule has 5 heteroatoms. The molecule has 0 aliphatic carbocycles. The molecule has 0 spiro atoms. The Hall–Kier alpha value is -0.970. The molecule has 1 unspecified atom stereocenters. The third-order valence-corrected chi connectivity index (χ3v) is 3.82. The van der Waals surface area contributed by atoms with Crippen LogP contribution < -0.4 is 5.73 Å². The smallest absolute Gasteiger partial charge is 0.137 e. The van der Waals surface area contributed by atoms with Crippen LogP contribution in [0.2, 0.25) is 5.02 Å². The van der Waals surface area contributed by atoms with Gasteiger partial charge in [-0.1, -0.05) is 23.7 Å². The second kappa shape index (κ2) is 5.99. The molecule has 100 valence electrons. The first-order chi connectivity index (χ1) is 8.97. The average Bonchev–Trinajstić information content (AvgIpc) is 2.36. The fourth-order valence-electron chi connectivity index (χ4n) is 1.79. The maximum atomic E-state index is 13.4. The third kappa shape index (κ3) is 3.53. The Morgan fingerprint density at radius 2 is 1.89 bits per heavy atom. The molecule has 0 amide bonds. The van der Waals surface area contributed by atoms with E-state index in [2.05, 4.69) is 15.9 Å². The minimum Gasteiger partial charge on any atom is -0.324 e. The van der Waals surface area contributed by atoms with E-state index in [0.29, 0.717) is 21.5 Å². The van der Waals surface area contributed by atoms with Crippen LogP contribution in [0, 0.1) is 11.6 Å². The summed E-state index contributed by atoms with van der Waals surface area (Å²) in [7, 11) is 0. The van der Waals surface area contributed by atoms with Crippen molar-refractivity contribution in [2.75, 3.05) is 0 Å². The van der Waals surface area contributed by atoms with E-state index in [1.807, 2.05) is 0 Å². The second-order valence-corrected chi connectivity index (χ2v) is 5.48. The molecule has 0 bridgehead atoms. The van der Waals surface area contributed by atoms with Crippen LogP contribution in [0.4, 0.5) is 8.78 Å². The van der Waals surface area contributed by atoms with Crippen molar-refractivity contribution >= 4 is 27.5 Å². The summed E-state index contributed by atoms with van der Waals surface area (Å²) >= 11 is 9.03. The molecule has 1 atom stereocenters. The van der Waals surface area contributed by atoms with Crippen LogP contribution in [0.5, 0.6) is 0 Å². The van der Waals surface area contributed by atoms with Gasteiger partial charge in [-0.25, -0.2) is 8.78 Å². The summed E-state index contributed by atoms with van der Waals surface area (Å²) in [4.78, 5) is 0. The van der Waals surface area contributed by atoms with Crippen molar-refractivity contribution in [2.45, 2.75) is 12.5 Å². The number of rotatable bonds is 3. The molecule has 2 aromatic rings. The monoisotopic (exact) mass is 345 g/mol. The second-order valence-electron chi connectivity index (χ2n) is 4.22. The molecule has 19 heavy (non-hydrogen) atoms. The summed E-state index contributed by atoms with van der Waals surface area (Å²) in [6.45, 7) is 0. The lowest BCUT2D eigenvalue weighted by molar-refractivity contribution is 0.611. The topological polar surface area (TPSA) is 26.0 Å². The lowest BCUT2D eigenvalue weighted by atomic mass is 9.99. The molecule has 0 aliphatic rings. The molecule has 0 heterocycles. The number of benzene rings is 2. The molecule has 2 rings (SSSR count). The van der Waals surface area contributed by atoms with Crippen molar-refractivity contribution in [2.24, 2.45) is 5.73 Å². The van der Waals surface area contributed by atoms with Gasteiger partial charge in [0.25, 0.3) is 0 Å². The van der Waals surface area contributed by atoms with E-state index in [4.69, 9.17) is 17.3 Å². The van der Waals surface area contributed by atoms with Crippen molar-refractivity contribution in [1.82, 2.24) is 0 Å². The Morgan fingerprint density at radius 3 is 2.53 bits per heavy atom. The fourth-order valence-corrected chi connectivity index (χ4v) is 2.28. The Labute approximate surface area is 123 Å². The van der Waals surface area contributed by atoms with Gasteiger partial charge in [-0.15, -0.1) is 0 Å². The van der Waals surface area contributed by atoms with Crippen LogP contribution in [0.15, 0.2) is 40.9 Å². The summed E-state index contributed by atoms with van der Waals surface area (Å²) in [6.07, 6.45) is 0.417. The van der Waals surface area contributed by atoms with Crippen molar-refractivity contribution < 1.29 is 8.78 Å². The zero-order valence-electron chi connectivity index (χ0n) is 9.84. The van der Waals surface area contributed by atoms with Crippen LogP contribution in [-0.2, 0) is 6.42 Å². The van der Waals surface area contributed by atoms with Gasteiger partial charge in [0.2, 0.25) is 0 Å². The highest BCUT2D eigenvalue weighted by atomic mass is 79.9. The predicted molar refractivity (Wildman–Crippen MR) is 76.1 cm³/mol. The van der Waals surface area contributed by atoms with Gasteiger partial charge in [0.05, 0.1) is 4.47 Å². The minimum absolute atomic E-state index is 0.327. The normalized spacial score (nSPS) is 12.5. The molecule has 0 saturated carbocycles. The molecule has 2 aromatic carbocycles. The zero-order chi connectivity index (χ0) is 14.0. The molecule has 0 aliphatic heterocycles. The number of hydrogen-bond acceptors (Lipinski definition) is 1. The maximum Gasteiger partial charge on any atom is 0.137 e. The zero-order valence-corrected chi connectivity index (χ0v) is 12.2. The molecule has 1 nitrogen and oxygen atoms in total. The summed E-state index contributed by atoms with van der Waals surface area (Å²) in [5.74, 6) is -0.754. The van der Waals surface area contributed by atoms with E-state index in [1.165, 1.54) is 18.2 Å². The Bertz CT molecular complexity index is 604. The molecule has 0 fully saturated rings. The molecular formula is C14H11BrClF2N. The summed E-state index contributed by atoms with van der Waals surface area (Å²) in [5.41, 5.74) is 7.42. The average molecular weight is 347 g/mol. The van der Waals surface area contributed by atoms with Crippen LogP contribution in [-0.4, -0.2) is 0 Å². The SMILES string of the molecule is NC(Cc1ccc(F)cc1Cl)c1ccc(Br)c(F)c1. The van der Waals surface area contributed by atoms with Gasteiger partial charge in [0.1, 0.15) is 11.6 Å². The Kier molecular flexibility index (Phi) is 4.55. The fraction of sp³-hybridized carbons (Fsp3) is 0.143. The van der Waals surface area contributed by atoms with Gasteiger partial charge >= 0.3 is 0 Å². The number of halogens is 4. The highest BCUT2D eigenvalue weighted by Gasteiger charge is 2.12. The van der Waals surface area contributed by atoms with E-state index < -0.39 is 11.9 Å². The Morgan fingerprint density at radius 1 is 1.16 bits per heavy atom. The van der Waals surface area contributed by atoms with Crippen molar-refractivity contribution in [3.05, 3.63) is 68.7 Å². The van der Waals surface area contributed by atoms with Gasteiger partial charge in [0, 0.05) is 11.1 Å². The molecule has 2 N–H and O–H groups in total. The summed E-state index contributed by atoms with van der Waals surface area (Å²) < 4.78 is 26.8. The van der Waals surface area contributed by atoms with Crippen LogP contribution in [0.3, 0.4) is 0 Å². The third-order valence-electron chi connectivity index (χ3n) is 2.83. The highest BCUT2D eigenvalue weighted by Crippen LogP contribution is 2.25. The quantitative estimate of drug-likeness (QED) is 0.862. The summed E-state index contributed by atoms with van der Waals surface area (Å²) in [6, 6.07) is 8.50. The van der Waals surface area contributed by atoms with Gasteiger partial charge in [-0.2, -0.15) is 0 Å². The van der Waals surface area contributed by atoms with E-state index in [9.17, 15) is 8.78 Å². The lowest BCUT2D eigenvalue weighted by Gasteiger charge is -2.13. The van der Waals surface area contributed by atoms with Gasteiger partial charge in [-0.05, 0) is 57.7 Å². The van der Waals surface area contributed by atoms with Crippen LogP contribution >= 0.6 is 27.5 Å². The van der Waals surface area contributed by atoms with E-state index in [0.717, 1.165) is 5.56 Å². The molecule has 0 radical (unpaired) electrons. The highest BCUT2D eigenvalue weighted by molar-refractivity contribution is 9.10. The number of hydrogen-bond donors (Lipinski definition) is 1. The summed E-state index contributed by atoms with van der Waals surface area (Å²) in [5, 5.41) is 0.327. The first kappa shape index (κ1) is 14.4. The van der Waals surface area contributed by atoms with Crippen molar-refractivity contribution in [1.29, 1.82) is 0 Å². The van der Waals surface area contributed by atoms with E-state index in [1.54, 1.807) is 18.2 Å². The molecule has 0 aromatic heterocycles. The van der Waals surface area contributed by atoms with E-state index in [-0.39, 0.29) is 5.82 Å². The van der Waals surface area contributed by atoms with Gasteiger partial charge < -0.3 is 5.73 Å². The largest absolute Gasteiger partial charge is 0.324 e. The van der Waals surface area contributed by atoms with Crippen LogP contribution in [0.1, 0.15) is 17.2 Å². The Balaban J connectivity index is 2.20. The van der Waals surface area contributed by atoms with Crippen LogP contribution in [0.25, 0.3) is 0 Å². The first-order valence-corrected chi connectivity index (χ1v) is 6.79. The maximum absolute atomic E-state index is 13.4. The standard InChI is InChI=1S/C14H11BrClF2N/c15-11-4-2-9(5-13(11)18)14(19)6-8-1-3-10(17)7-12(8)16/h1-5,7,14H,6,19H2. The molecular weight excluding hydrogens is 336 g/mol. The predicted octanol–water partition coefficient (Wildman–Crippen LogP) is 4.62. The van der Waals surface area contributed by atoms with Crippen molar-refractivity contribution in [3.8, 4) is 0 Å². The van der Waals surface area contributed by atoms with Gasteiger partial charge in [-0.3, -0.25) is 0 Å². The lowest BCUT2D eigenvalue weighted by Crippen LogP contribution is -2.14. The van der Waals surface area contributed by atoms with E-state index >= 15 is 0 Å². The number of nitrogens with two attached hydrogens (primary N) is 1. The van der Waals surface area contributed by atoms with Gasteiger partial charge in [0.15, 0.2) is 0 Å². The van der Waals surface area contributed by atoms with Crippen molar-refractivity contribution in [3.63, 3.8) is 0 Å². The molecule has 0 saturated heterocycles. The minimum atomic E-state index is -0.398.